The Kier molecular flexibility index (Phi) is 3.24. The van der Waals surface area contributed by atoms with E-state index in [1.807, 2.05) is 0 Å². The minimum Gasteiger partial charge on any atom is -0.479 e. The number of carbonyl (C=O) groups is 2. The first-order chi connectivity index (χ1) is 9.20. The van der Waals surface area contributed by atoms with Gasteiger partial charge in [0.05, 0.1) is 5.56 Å². The number of pyridine rings is 1. The van der Waals surface area contributed by atoms with Gasteiger partial charge in [-0.25, -0.2) is 9.78 Å². The van der Waals surface area contributed by atoms with Gasteiger partial charge >= 0.3 is 12.1 Å². The number of halogens is 3. The minimum absolute atomic E-state index is 0.0404. The van der Waals surface area contributed by atoms with Crippen LogP contribution in [0.1, 0.15) is 11.3 Å². The molecule has 5 nitrogen and oxygen atoms in total. The van der Waals surface area contributed by atoms with Crippen molar-refractivity contribution in [1.29, 1.82) is 0 Å². The molecule has 0 bridgehead atoms. The molecule has 0 spiro atoms. The third-order valence-corrected chi connectivity index (χ3v) is 2.70. The van der Waals surface area contributed by atoms with Crippen molar-refractivity contribution in [3.05, 3.63) is 35.5 Å². The van der Waals surface area contributed by atoms with Gasteiger partial charge in [0.1, 0.15) is 5.82 Å². The molecule has 0 unspecified atom stereocenters. The molecule has 2 heterocycles. The summed E-state index contributed by atoms with van der Waals surface area (Å²) in [6.45, 7) is 1.34. The van der Waals surface area contributed by atoms with Crippen LogP contribution in [0, 0.1) is 6.92 Å². The summed E-state index contributed by atoms with van der Waals surface area (Å²) >= 11 is 0. The van der Waals surface area contributed by atoms with E-state index in [1.165, 1.54) is 6.92 Å². The lowest BCUT2D eigenvalue weighted by molar-refractivity contribution is -0.138. The number of anilines is 1. The van der Waals surface area contributed by atoms with E-state index in [1.54, 1.807) is 0 Å². The van der Waals surface area contributed by atoms with Gasteiger partial charge in [-0.3, -0.25) is 9.69 Å². The molecule has 0 fully saturated rings. The van der Waals surface area contributed by atoms with Crippen LogP contribution >= 0.6 is 0 Å². The van der Waals surface area contributed by atoms with Crippen LogP contribution in [0.15, 0.2) is 24.3 Å². The lowest BCUT2D eigenvalue weighted by atomic mass is 10.2. The second-order valence-electron chi connectivity index (χ2n) is 4.20. The van der Waals surface area contributed by atoms with E-state index in [-0.39, 0.29) is 11.5 Å². The number of amides is 1. The summed E-state index contributed by atoms with van der Waals surface area (Å²) in [4.78, 5) is 27.1. The number of rotatable bonds is 2. The van der Waals surface area contributed by atoms with Gasteiger partial charge in [0.25, 0.3) is 5.91 Å². The van der Waals surface area contributed by atoms with E-state index in [0.29, 0.717) is 11.0 Å². The summed E-state index contributed by atoms with van der Waals surface area (Å²) in [6.07, 6.45) is -2.50. The predicted molar refractivity (Wildman–Crippen MR) is 62.0 cm³/mol. The van der Waals surface area contributed by atoms with Gasteiger partial charge < -0.3 is 5.11 Å². The van der Waals surface area contributed by atoms with Crippen LogP contribution in [0.3, 0.4) is 0 Å². The third-order valence-electron chi connectivity index (χ3n) is 2.70. The van der Waals surface area contributed by atoms with Crippen LogP contribution < -0.4 is 4.90 Å². The highest BCUT2D eigenvalue weighted by Crippen LogP contribution is 2.32. The Morgan fingerprint density at radius 3 is 2.60 bits per heavy atom. The normalized spacial score (nSPS) is 18.7. The van der Waals surface area contributed by atoms with Gasteiger partial charge in [-0.15, -0.1) is 0 Å². The third kappa shape index (κ3) is 2.49. The molecule has 106 valence electrons. The molecule has 1 aromatic heterocycles. The number of hydrogen-bond donors (Lipinski definition) is 1. The van der Waals surface area contributed by atoms with Crippen molar-refractivity contribution in [2.45, 2.75) is 19.1 Å². The lowest BCUT2D eigenvalue weighted by Crippen LogP contribution is -2.40. The zero-order valence-corrected chi connectivity index (χ0v) is 10.2. The van der Waals surface area contributed by atoms with Gasteiger partial charge in [0, 0.05) is 11.8 Å². The van der Waals surface area contributed by atoms with Crippen molar-refractivity contribution in [3.63, 3.8) is 0 Å². The number of hydrogen-bond acceptors (Lipinski definition) is 3. The Bertz CT molecular complexity index is 610. The number of aromatic nitrogens is 1. The molecule has 1 aliphatic heterocycles. The number of carboxylic acids is 1. The Morgan fingerprint density at radius 1 is 1.40 bits per heavy atom. The minimum atomic E-state index is -4.60. The first kappa shape index (κ1) is 14.0. The Hall–Kier alpha value is -2.38. The molecule has 1 aromatic rings. The highest BCUT2D eigenvalue weighted by molar-refractivity contribution is 6.09. The van der Waals surface area contributed by atoms with E-state index in [9.17, 15) is 22.8 Å². The lowest BCUT2D eigenvalue weighted by Gasteiger charge is -2.22. The summed E-state index contributed by atoms with van der Waals surface area (Å²) in [5, 5.41) is 8.97. The number of aliphatic carboxylic acids is 1. The van der Waals surface area contributed by atoms with Gasteiger partial charge in [0.2, 0.25) is 0 Å². The standard InChI is InChI=1S/C12H9F3N2O3/c1-6-4-7(12(13,14)15)5-9(16-6)17-8(11(19)20)2-3-10(17)18/h2-5,8H,1H3,(H,19,20)/t8-/m0/s1. The van der Waals surface area contributed by atoms with Crippen LogP contribution in [0.25, 0.3) is 0 Å². The Balaban J connectivity index is 2.50. The van der Waals surface area contributed by atoms with Gasteiger partial charge in [-0.1, -0.05) is 0 Å². The number of carboxylic acid groups (broad SMARTS) is 1. The quantitative estimate of drug-likeness (QED) is 0.899. The predicted octanol–water partition coefficient (Wildman–Crippen LogP) is 1.76. The first-order valence-corrected chi connectivity index (χ1v) is 5.50. The van der Waals surface area contributed by atoms with E-state index in [0.717, 1.165) is 18.2 Å². The van der Waals surface area contributed by atoms with Crippen molar-refractivity contribution in [2.24, 2.45) is 0 Å². The molecule has 0 radical (unpaired) electrons. The topological polar surface area (TPSA) is 70.5 Å². The fraction of sp³-hybridized carbons (Fsp3) is 0.250. The molecule has 20 heavy (non-hydrogen) atoms. The zero-order valence-electron chi connectivity index (χ0n) is 10.2. The molecule has 1 N–H and O–H groups in total. The number of carbonyl (C=O) groups excluding carboxylic acids is 1. The maximum absolute atomic E-state index is 12.7. The van der Waals surface area contributed by atoms with Crippen LogP contribution in [-0.2, 0) is 15.8 Å². The maximum atomic E-state index is 12.7. The van der Waals surface area contributed by atoms with Crippen LogP contribution in [0.2, 0.25) is 0 Å². The van der Waals surface area contributed by atoms with Crippen molar-refractivity contribution in [1.82, 2.24) is 4.98 Å². The van der Waals surface area contributed by atoms with Crippen LogP contribution in [0.4, 0.5) is 19.0 Å². The fourth-order valence-corrected chi connectivity index (χ4v) is 1.86. The molecular weight excluding hydrogens is 277 g/mol. The summed E-state index contributed by atoms with van der Waals surface area (Å²) < 4.78 is 38.2. The van der Waals surface area contributed by atoms with Crippen molar-refractivity contribution < 1.29 is 27.9 Å². The van der Waals surface area contributed by atoms with Gasteiger partial charge in [-0.05, 0) is 25.1 Å². The molecule has 0 saturated heterocycles. The van der Waals surface area contributed by atoms with Crippen LogP contribution in [-0.4, -0.2) is 28.0 Å². The summed E-state index contributed by atoms with van der Waals surface area (Å²) in [7, 11) is 0. The number of aryl methyl sites for hydroxylation is 1. The fourth-order valence-electron chi connectivity index (χ4n) is 1.86. The van der Waals surface area contributed by atoms with Crippen molar-refractivity contribution in [2.75, 3.05) is 4.90 Å². The largest absolute Gasteiger partial charge is 0.479 e. The molecule has 0 saturated carbocycles. The zero-order chi connectivity index (χ0) is 15.1. The molecule has 0 aromatic carbocycles. The Labute approximate surface area is 111 Å². The Morgan fingerprint density at radius 2 is 2.05 bits per heavy atom. The number of alkyl halides is 3. The monoisotopic (exact) mass is 286 g/mol. The van der Waals surface area contributed by atoms with Crippen molar-refractivity contribution >= 4 is 17.7 Å². The SMILES string of the molecule is Cc1cc(C(F)(F)F)cc(N2C(=O)C=C[C@H]2C(=O)O)n1. The van der Waals surface area contributed by atoms with E-state index in [4.69, 9.17) is 5.11 Å². The van der Waals surface area contributed by atoms with Crippen LogP contribution in [0.5, 0.6) is 0 Å². The maximum Gasteiger partial charge on any atom is 0.416 e. The summed E-state index contributed by atoms with van der Waals surface area (Å²) in [6, 6.07) is 0.138. The molecule has 0 aliphatic carbocycles. The molecular formula is C12H9F3N2O3. The molecule has 1 amide bonds. The van der Waals surface area contributed by atoms with E-state index in [2.05, 4.69) is 4.98 Å². The second-order valence-corrected chi connectivity index (χ2v) is 4.20. The summed E-state index contributed by atoms with van der Waals surface area (Å²) in [5.41, 5.74) is -0.942. The average molecular weight is 286 g/mol. The molecule has 2 rings (SSSR count). The van der Waals surface area contributed by atoms with Crippen molar-refractivity contribution in [3.8, 4) is 0 Å². The highest BCUT2D eigenvalue weighted by Gasteiger charge is 2.36. The highest BCUT2D eigenvalue weighted by atomic mass is 19.4. The molecule has 1 atom stereocenters. The number of nitrogens with zero attached hydrogens (tertiary/aromatic N) is 2. The van der Waals surface area contributed by atoms with Gasteiger partial charge in [-0.2, -0.15) is 13.2 Å². The van der Waals surface area contributed by atoms with E-state index >= 15 is 0 Å². The first-order valence-electron chi connectivity index (χ1n) is 5.50. The molecule has 8 heteroatoms. The smallest absolute Gasteiger partial charge is 0.416 e. The van der Waals surface area contributed by atoms with E-state index < -0.39 is 29.7 Å². The molecule has 1 aliphatic rings. The van der Waals surface area contributed by atoms with Gasteiger partial charge in [0.15, 0.2) is 6.04 Å². The summed E-state index contributed by atoms with van der Waals surface area (Å²) in [5.74, 6) is -2.40. The second kappa shape index (κ2) is 4.62. The average Bonchev–Trinajstić information content (AvgIpc) is 2.69.